The van der Waals surface area contributed by atoms with Crippen molar-refractivity contribution < 1.29 is 50.4 Å². The molecule has 21 heteroatoms. The van der Waals surface area contributed by atoms with Crippen LogP contribution >= 0.6 is 15.9 Å². The molecule has 2 aromatic heterocycles. The predicted octanol–water partition coefficient (Wildman–Crippen LogP) is 7.18. The Morgan fingerprint density at radius 3 is 1.59 bits per heavy atom. The number of halogens is 7. The Morgan fingerprint density at radius 1 is 0.730 bits per heavy atom. The summed E-state index contributed by atoms with van der Waals surface area (Å²) in [6.07, 6.45) is -4.22. The number of oxime groups is 2. The average Bonchev–Trinajstić information content (AvgIpc) is 3.98. The molecule has 2 unspecified atom stereocenters. The first kappa shape index (κ1) is 50.1. The van der Waals surface area contributed by atoms with E-state index in [1.54, 1.807) is 34.4 Å². The van der Waals surface area contributed by atoms with Crippen LogP contribution in [0.1, 0.15) is 94.7 Å². The lowest BCUT2D eigenvalue weighted by molar-refractivity contribution is -0.138. The van der Waals surface area contributed by atoms with E-state index in [9.17, 15) is 40.7 Å². The summed E-state index contributed by atoms with van der Waals surface area (Å²) >= 11 is 3.57. The van der Waals surface area contributed by atoms with Gasteiger partial charge in [0.15, 0.2) is 17.0 Å². The summed E-state index contributed by atoms with van der Waals surface area (Å²) in [5.41, 5.74) is 13.2. The fraction of sp³-hybridized carbons (Fsp3) is 0.452. The van der Waals surface area contributed by atoms with E-state index in [2.05, 4.69) is 68.5 Å². The van der Waals surface area contributed by atoms with E-state index in [1.807, 2.05) is 58.0 Å². The number of nitrogens with zero attached hydrogens (tertiary/aromatic N) is 6. The van der Waals surface area contributed by atoms with E-state index in [1.165, 1.54) is 5.56 Å². The summed E-state index contributed by atoms with van der Waals surface area (Å²) in [5.74, 6) is -1.95. The summed E-state index contributed by atoms with van der Waals surface area (Å²) in [5, 5.41) is 20.7. The van der Waals surface area contributed by atoms with Crippen LogP contribution in [0.3, 0.4) is 0 Å². The van der Waals surface area contributed by atoms with Gasteiger partial charge in [-0.2, -0.15) is 36.5 Å². The number of hydrogen-bond acceptors (Lipinski definition) is 10. The van der Waals surface area contributed by atoms with E-state index in [0.717, 1.165) is 44.7 Å². The molecule has 4 N–H and O–H groups in total. The second-order valence-electron chi connectivity index (χ2n) is 15.6. The Hall–Kier alpha value is -5.57. The number of aryl methyl sites for hydroxylation is 6. The molecule has 2 aliphatic heterocycles. The zero-order valence-corrected chi connectivity index (χ0v) is 37.6. The molecule has 0 aliphatic carbocycles. The summed E-state index contributed by atoms with van der Waals surface area (Å²) in [6, 6.07) is 11.6. The molecular weight excluding hydrogens is 904 g/mol. The lowest BCUT2D eigenvalue weighted by Gasteiger charge is -2.20. The van der Waals surface area contributed by atoms with Crippen molar-refractivity contribution in [1.82, 2.24) is 30.2 Å². The van der Waals surface area contributed by atoms with Gasteiger partial charge in [0, 0.05) is 84.5 Å². The number of amides is 2. The predicted molar refractivity (Wildman–Crippen MR) is 226 cm³/mol. The number of nitrogens with two attached hydrogens (primary N) is 1. The quantitative estimate of drug-likeness (QED) is 0.105. The SMILES string of the molecule is Cc1ccc(C2=NOC(C)(c3cn(C)nc3C)C2)cc1Br.Cc1ccc(C2=NOC(C)(c3cn(C)nc3C)C2)cc1C(=O)CCC(=O)NCC(F)(F)F.NCC(=O)NCC(F)(F)F. The van der Waals surface area contributed by atoms with E-state index in [4.69, 9.17) is 15.4 Å². The van der Waals surface area contributed by atoms with Crippen molar-refractivity contribution in [1.29, 1.82) is 0 Å². The molecule has 4 aromatic rings. The summed E-state index contributed by atoms with van der Waals surface area (Å²) in [6.45, 7) is 8.58. The molecule has 6 rings (SSSR count). The van der Waals surface area contributed by atoms with Gasteiger partial charge in [-0.15, -0.1) is 0 Å². The van der Waals surface area contributed by atoms with Crippen LogP contribution in [-0.4, -0.2) is 80.6 Å². The van der Waals surface area contributed by atoms with Crippen molar-refractivity contribution in [3.05, 3.63) is 104 Å². The van der Waals surface area contributed by atoms with Gasteiger partial charge in [-0.25, -0.2) is 0 Å². The number of carbonyl (C=O) groups excluding carboxylic acids is 3. The van der Waals surface area contributed by atoms with Gasteiger partial charge in [0.25, 0.3) is 0 Å². The highest BCUT2D eigenvalue weighted by molar-refractivity contribution is 9.10. The Labute approximate surface area is 368 Å². The first-order chi connectivity index (χ1) is 29.2. The van der Waals surface area contributed by atoms with Crippen molar-refractivity contribution in [3.63, 3.8) is 0 Å². The Balaban J connectivity index is 0.000000239. The maximum atomic E-state index is 12.7. The van der Waals surface area contributed by atoms with E-state index < -0.39 is 55.0 Å². The van der Waals surface area contributed by atoms with Crippen molar-refractivity contribution in [2.75, 3.05) is 19.6 Å². The van der Waals surface area contributed by atoms with Crippen LogP contribution < -0.4 is 16.4 Å². The molecule has 0 saturated carbocycles. The van der Waals surface area contributed by atoms with Gasteiger partial charge in [0.2, 0.25) is 11.8 Å². The highest BCUT2D eigenvalue weighted by atomic mass is 79.9. The number of alkyl halides is 6. The molecule has 2 aliphatic rings. The van der Waals surface area contributed by atoms with Gasteiger partial charge in [0.05, 0.1) is 29.4 Å². The molecule has 2 amide bonds. The number of rotatable bonds is 11. The third-order valence-corrected chi connectivity index (χ3v) is 10.9. The standard InChI is InChI=1S/C22H25F3N4O3.C16H18BrN3O.C4H7F3N2O/c1-13-5-6-15(9-16(13)19(30)7-8-20(31)26-12-22(23,24)25)18-10-21(3,32-28-18)17-11-29(4)27-14(17)2;1-10-5-6-12(7-14(10)17)15-8-16(3,21-19-15)13-9-20(4)18-11(13)2;5-4(6,7)2-9-3(10)1-8/h5-6,9,11H,7-8,10,12H2,1-4H3,(H,26,31);5-7,9H,8H2,1-4H3;1-2,8H2,(H,9,10). The number of Topliss-reactive ketones (excluding diaryl/α,β-unsaturated/α-hetero) is 1. The van der Waals surface area contributed by atoms with Crippen LogP contribution in [0.5, 0.6) is 0 Å². The molecule has 2 atom stereocenters. The van der Waals surface area contributed by atoms with Gasteiger partial charge in [-0.3, -0.25) is 23.7 Å². The average molecular weight is 955 g/mol. The number of benzene rings is 2. The molecule has 0 spiro atoms. The molecule has 4 heterocycles. The van der Waals surface area contributed by atoms with Crippen molar-refractivity contribution in [2.24, 2.45) is 30.1 Å². The molecular formula is C42H50BrF6N9O5. The smallest absolute Gasteiger partial charge is 0.384 e. The Bertz CT molecular complexity index is 2380. The molecule has 2 aromatic carbocycles. The van der Waals surface area contributed by atoms with E-state index >= 15 is 0 Å². The maximum Gasteiger partial charge on any atom is 0.405 e. The van der Waals surface area contributed by atoms with Crippen LogP contribution in [0.25, 0.3) is 0 Å². The van der Waals surface area contributed by atoms with Crippen molar-refractivity contribution >= 4 is 45.0 Å². The molecule has 63 heavy (non-hydrogen) atoms. The number of nitrogens with one attached hydrogen (secondary N) is 2. The summed E-state index contributed by atoms with van der Waals surface area (Å²) < 4.78 is 75.1. The highest BCUT2D eigenvalue weighted by Crippen LogP contribution is 2.39. The third-order valence-electron chi connectivity index (χ3n) is 10.0. The van der Waals surface area contributed by atoms with Crippen LogP contribution in [0, 0.1) is 27.7 Å². The van der Waals surface area contributed by atoms with E-state index in [0.29, 0.717) is 28.8 Å². The molecule has 0 bridgehead atoms. The van der Waals surface area contributed by atoms with Crippen molar-refractivity contribution in [3.8, 4) is 0 Å². The lowest BCUT2D eigenvalue weighted by Crippen LogP contribution is -2.37. The van der Waals surface area contributed by atoms with E-state index in [-0.39, 0.29) is 18.6 Å². The molecule has 0 saturated heterocycles. The normalized spacial score (nSPS) is 18.2. The minimum Gasteiger partial charge on any atom is -0.384 e. The topological polar surface area (TPSA) is 180 Å². The number of carbonyl (C=O) groups is 3. The molecule has 342 valence electrons. The zero-order valence-electron chi connectivity index (χ0n) is 36.0. The van der Waals surface area contributed by atoms with Gasteiger partial charge in [0.1, 0.15) is 13.1 Å². The van der Waals surface area contributed by atoms with Gasteiger partial charge in [-0.05, 0) is 64.8 Å². The first-order valence-electron chi connectivity index (χ1n) is 19.5. The Morgan fingerprint density at radius 2 is 1.17 bits per heavy atom. The molecule has 14 nitrogen and oxygen atoms in total. The lowest BCUT2D eigenvalue weighted by atomic mass is 9.88. The van der Waals surface area contributed by atoms with Gasteiger partial charge >= 0.3 is 12.4 Å². The third kappa shape index (κ3) is 14.0. The molecule has 0 radical (unpaired) electrons. The van der Waals surface area contributed by atoms with Crippen LogP contribution in [0.15, 0.2) is 63.6 Å². The monoisotopic (exact) mass is 953 g/mol. The van der Waals surface area contributed by atoms with Crippen LogP contribution in [0.4, 0.5) is 26.3 Å². The minimum absolute atomic E-state index is 0.191. The zero-order chi connectivity index (χ0) is 47.1. The van der Waals surface area contributed by atoms with Crippen molar-refractivity contribution in [2.45, 2.75) is 90.8 Å². The largest absolute Gasteiger partial charge is 0.405 e. The second-order valence-corrected chi connectivity index (χ2v) is 16.4. The first-order valence-corrected chi connectivity index (χ1v) is 20.3. The molecule has 0 fully saturated rings. The minimum atomic E-state index is -4.49. The number of hydrogen-bond donors (Lipinski definition) is 3. The highest BCUT2D eigenvalue weighted by Gasteiger charge is 2.40. The Kier molecular flexibility index (Phi) is 16.1. The fourth-order valence-electron chi connectivity index (χ4n) is 6.71. The maximum absolute atomic E-state index is 12.7. The van der Waals surface area contributed by atoms with Gasteiger partial charge < -0.3 is 26.0 Å². The van der Waals surface area contributed by atoms with Gasteiger partial charge in [-0.1, -0.05) is 50.5 Å². The summed E-state index contributed by atoms with van der Waals surface area (Å²) in [7, 11) is 3.76. The second kappa shape index (κ2) is 20.3. The fourth-order valence-corrected chi connectivity index (χ4v) is 7.09. The van der Waals surface area contributed by atoms with Crippen LogP contribution in [-0.2, 0) is 44.6 Å². The summed E-state index contributed by atoms with van der Waals surface area (Å²) in [4.78, 5) is 45.9. The number of aromatic nitrogens is 4. The number of ketones is 1. The van der Waals surface area contributed by atoms with Crippen LogP contribution in [0.2, 0.25) is 0 Å².